The molecule has 0 saturated carbocycles. The van der Waals surface area contributed by atoms with Gasteiger partial charge in [-0.05, 0) is 37.1 Å². The molecule has 10 heteroatoms. The van der Waals surface area contributed by atoms with Gasteiger partial charge in [0.1, 0.15) is 0 Å². The fourth-order valence-corrected chi connectivity index (χ4v) is 4.36. The number of sulfonamides is 1. The van der Waals surface area contributed by atoms with Crippen LogP contribution in [0.1, 0.15) is 17.0 Å². The molecule has 0 saturated heterocycles. The Balaban J connectivity index is 1.85. The van der Waals surface area contributed by atoms with Gasteiger partial charge in [-0.3, -0.25) is 9.89 Å². The SMILES string of the molecule is CN(C)S(=O)(=O)c1ccc(-n2nc(CC(N)=O)c3c2-c2cn[nH]c2CC3)cc1. The summed E-state index contributed by atoms with van der Waals surface area (Å²) in [7, 11) is -0.537. The van der Waals surface area contributed by atoms with Crippen molar-refractivity contribution < 1.29 is 13.2 Å². The molecule has 0 spiro atoms. The molecule has 2 aromatic heterocycles. The second-order valence-electron chi connectivity index (χ2n) is 6.87. The van der Waals surface area contributed by atoms with E-state index in [1.807, 2.05) is 0 Å². The number of aromatic amines is 1. The lowest BCUT2D eigenvalue weighted by Gasteiger charge is -2.15. The zero-order valence-corrected chi connectivity index (χ0v) is 16.3. The molecule has 1 aliphatic rings. The number of primary amides is 1. The first-order valence-electron chi connectivity index (χ1n) is 8.73. The molecule has 28 heavy (non-hydrogen) atoms. The summed E-state index contributed by atoms with van der Waals surface area (Å²) in [6.45, 7) is 0. The van der Waals surface area contributed by atoms with Crippen molar-refractivity contribution in [2.75, 3.05) is 14.1 Å². The van der Waals surface area contributed by atoms with Crippen LogP contribution in [-0.4, -0.2) is 52.7 Å². The van der Waals surface area contributed by atoms with E-state index in [0.29, 0.717) is 11.4 Å². The summed E-state index contributed by atoms with van der Waals surface area (Å²) in [6, 6.07) is 6.50. The number of nitrogens with two attached hydrogens (primary N) is 1. The maximum Gasteiger partial charge on any atom is 0.242 e. The van der Waals surface area contributed by atoms with E-state index in [1.165, 1.54) is 18.4 Å². The van der Waals surface area contributed by atoms with Crippen LogP contribution < -0.4 is 5.73 Å². The van der Waals surface area contributed by atoms with Crippen LogP contribution in [-0.2, 0) is 34.1 Å². The maximum atomic E-state index is 12.3. The Kier molecular flexibility index (Phi) is 4.31. The fraction of sp³-hybridized carbons (Fsp3) is 0.278. The van der Waals surface area contributed by atoms with Crippen LogP contribution in [0.4, 0.5) is 0 Å². The van der Waals surface area contributed by atoms with Crippen LogP contribution in [0.2, 0.25) is 0 Å². The summed E-state index contributed by atoms with van der Waals surface area (Å²) in [6.07, 6.45) is 3.29. The van der Waals surface area contributed by atoms with E-state index in [-0.39, 0.29) is 11.3 Å². The Morgan fingerprint density at radius 1 is 1.25 bits per heavy atom. The second kappa shape index (κ2) is 6.57. The highest BCUT2D eigenvalue weighted by Gasteiger charge is 2.28. The zero-order valence-electron chi connectivity index (χ0n) is 15.5. The lowest BCUT2D eigenvalue weighted by Crippen LogP contribution is -2.22. The van der Waals surface area contributed by atoms with Gasteiger partial charge in [-0.2, -0.15) is 10.2 Å². The number of nitrogens with zero attached hydrogens (tertiary/aromatic N) is 4. The number of fused-ring (bicyclic) bond motifs is 3. The second-order valence-corrected chi connectivity index (χ2v) is 9.02. The van der Waals surface area contributed by atoms with Crippen molar-refractivity contribution in [1.82, 2.24) is 24.3 Å². The number of amides is 1. The summed E-state index contributed by atoms with van der Waals surface area (Å²) >= 11 is 0. The Hall–Kier alpha value is -2.98. The maximum absolute atomic E-state index is 12.3. The predicted octanol–water partition coefficient (Wildman–Crippen LogP) is 0.639. The minimum absolute atomic E-state index is 0.0512. The zero-order chi connectivity index (χ0) is 20.1. The molecule has 0 fully saturated rings. The Morgan fingerprint density at radius 3 is 2.61 bits per heavy atom. The number of carbonyl (C=O) groups excluding carboxylic acids is 1. The molecular weight excluding hydrogens is 380 g/mol. The first kappa shape index (κ1) is 18.4. The first-order valence-corrected chi connectivity index (χ1v) is 10.2. The van der Waals surface area contributed by atoms with Gasteiger partial charge in [-0.1, -0.05) is 0 Å². The van der Waals surface area contributed by atoms with Gasteiger partial charge in [0.25, 0.3) is 0 Å². The molecule has 0 radical (unpaired) electrons. The molecule has 3 aromatic rings. The van der Waals surface area contributed by atoms with E-state index < -0.39 is 15.9 Å². The number of carbonyl (C=O) groups is 1. The summed E-state index contributed by atoms with van der Waals surface area (Å²) < 4.78 is 27.5. The van der Waals surface area contributed by atoms with E-state index in [2.05, 4.69) is 15.3 Å². The summed E-state index contributed by atoms with van der Waals surface area (Å²) in [4.78, 5) is 11.7. The number of nitrogens with one attached hydrogen (secondary N) is 1. The Bertz CT molecular complexity index is 1160. The van der Waals surface area contributed by atoms with E-state index in [0.717, 1.165) is 35.4 Å². The summed E-state index contributed by atoms with van der Waals surface area (Å²) in [5.41, 5.74) is 10.5. The predicted molar refractivity (Wildman–Crippen MR) is 102 cm³/mol. The molecule has 0 aliphatic heterocycles. The monoisotopic (exact) mass is 400 g/mol. The van der Waals surface area contributed by atoms with Crippen molar-refractivity contribution in [2.45, 2.75) is 24.2 Å². The topological polar surface area (TPSA) is 127 Å². The summed E-state index contributed by atoms with van der Waals surface area (Å²) in [5.74, 6) is -0.446. The number of hydrogen-bond donors (Lipinski definition) is 2. The standard InChI is InChI=1S/C18H20N6O3S/c1-23(2)28(26,27)12-5-3-11(4-6-12)24-18-13(16(22-24)9-17(19)25)7-8-15-14(18)10-20-21-15/h3-6,10H,7-9H2,1-2H3,(H2,19,25)(H,20,21). The number of rotatable bonds is 5. The molecule has 2 heterocycles. The number of H-pyrrole nitrogens is 1. The minimum atomic E-state index is -3.52. The van der Waals surface area contributed by atoms with Gasteiger partial charge in [-0.15, -0.1) is 0 Å². The van der Waals surface area contributed by atoms with Crippen molar-refractivity contribution in [3.05, 3.63) is 47.4 Å². The molecule has 1 aromatic carbocycles. The van der Waals surface area contributed by atoms with Crippen molar-refractivity contribution in [3.63, 3.8) is 0 Å². The van der Waals surface area contributed by atoms with Gasteiger partial charge in [-0.25, -0.2) is 17.4 Å². The van der Waals surface area contributed by atoms with Crippen LogP contribution in [0.15, 0.2) is 35.4 Å². The van der Waals surface area contributed by atoms with E-state index >= 15 is 0 Å². The number of aryl methyl sites for hydroxylation is 1. The van der Waals surface area contributed by atoms with Crippen LogP contribution in [0, 0.1) is 0 Å². The third kappa shape index (κ3) is 2.90. The normalized spacial score (nSPS) is 13.4. The summed E-state index contributed by atoms with van der Waals surface area (Å²) in [5, 5.41) is 11.8. The van der Waals surface area contributed by atoms with Crippen molar-refractivity contribution in [3.8, 4) is 16.9 Å². The molecular formula is C18H20N6O3S. The van der Waals surface area contributed by atoms with Gasteiger partial charge in [0.15, 0.2) is 0 Å². The molecule has 9 nitrogen and oxygen atoms in total. The van der Waals surface area contributed by atoms with E-state index in [1.54, 1.807) is 35.1 Å². The molecule has 3 N–H and O–H groups in total. The van der Waals surface area contributed by atoms with Gasteiger partial charge in [0.05, 0.1) is 34.6 Å². The molecule has 0 bridgehead atoms. The highest BCUT2D eigenvalue weighted by Crippen LogP contribution is 2.36. The number of aromatic nitrogens is 4. The van der Waals surface area contributed by atoms with Crippen LogP contribution in [0.3, 0.4) is 0 Å². The molecule has 0 unspecified atom stereocenters. The molecule has 1 amide bonds. The van der Waals surface area contributed by atoms with Crippen molar-refractivity contribution in [2.24, 2.45) is 5.73 Å². The quantitative estimate of drug-likeness (QED) is 0.650. The van der Waals surface area contributed by atoms with Gasteiger partial charge in [0, 0.05) is 30.9 Å². The van der Waals surface area contributed by atoms with Gasteiger partial charge in [0.2, 0.25) is 15.9 Å². The fourth-order valence-electron chi connectivity index (χ4n) is 3.46. The van der Waals surface area contributed by atoms with Crippen LogP contribution in [0.5, 0.6) is 0 Å². The average molecular weight is 400 g/mol. The molecule has 146 valence electrons. The van der Waals surface area contributed by atoms with Crippen LogP contribution in [0.25, 0.3) is 16.9 Å². The van der Waals surface area contributed by atoms with E-state index in [9.17, 15) is 13.2 Å². The lowest BCUT2D eigenvalue weighted by molar-refractivity contribution is -0.117. The largest absolute Gasteiger partial charge is 0.369 e. The lowest BCUT2D eigenvalue weighted by atomic mass is 9.93. The molecule has 0 atom stereocenters. The smallest absolute Gasteiger partial charge is 0.242 e. The highest BCUT2D eigenvalue weighted by atomic mass is 32.2. The van der Waals surface area contributed by atoms with Crippen molar-refractivity contribution in [1.29, 1.82) is 0 Å². The van der Waals surface area contributed by atoms with Crippen LogP contribution >= 0.6 is 0 Å². The van der Waals surface area contributed by atoms with Gasteiger partial charge < -0.3 is 5.73 Å². The average Bonchev–Trinajstić information content (AvgIpc) is 3.25. The minimum Gasteiger partial charge on any atom is -0.369 e. The third-order valence-electron chi connectivity index (χ3n) is 4.87. The molecule has 1 aliphatic carbocycles. The number of hydrogen-bond acceptors (Lipinski definition) is 5. The number of benzene rings is 1. The van der Waals surface area contributed by atoms with Gasteiger partial charge >= 0.3 is 0 Å². The third-order valence-corrected chi connectivity index (χ3v) is 6.70. The van der Waals surface area contributed by atoms with E-state index in [4.69, 9.17) is 5.73 Å². The Morgan fingerprint density at radius 2 is 1.96 bits per heavy atom. The van der Waals surface area contributed by atoms with Crippen molar-refractivity contribution >= 4 is 15.9 Å². The molecule has 4 rings (SSSR count). The highest BCUT2D eigenvalue weighted by molar-refractivity contribution is 7.89. The Labute approximate surface area is 162 Å². The first-order chi connectivity index (χ1) is 13.3.